The van der Waals surface area contributed by atoms with Crippen LogP contribution in [0.5, 0.6) is 0 Å². The zero-order valence-electron chi connectivity index (χ0n) is 11.9. The van der Waals surface area contributed by atoms with Crippen LogP contribution in [0.4, 0.5) is 0 Å². The van der Waals surface area contributed by atoms with Crippen molar-refractivity contribution in [3.63, 3.8) is 0 Å². The lowest BCUT2D eigenvalue weighted by Gasteiger charge is -2.21. The summed E-state index contributed by atoms with van der Waals surface area (Å²) in [5.41, 5.74) is 0.734. The zero-order valence-corrected chi connectivity index (χ0v) is 13.5. The monoisotopic (exact) mass is 330 g/mol. The summed E-state index contributed by atoms with van der Waals surface area (Å²) in [5, 5.41) is 0.572. The lowest BCUT2D eigenvalue weighted by molar-refractivity contribution is -0.130. The summed E-state index contributed by atoms with van der Waals surface area (Å²) in [6.45, 7) is 1.51. The van der Waals surface area contributed by atoms with Gasteiger partial charge >= 0.3 is 0 Å². The number of halogens is 1. The molecule has 1 aliphatic heterocycles. The van der Waals surface area contributed by atoms with Crippen molar-refractivity contribution in [2.45, 2.75) is 25.3 Å². The molecule has 0 saturated carbocycles. The molecular weight excluding hydrogens is 312 g/mol. The highest BCUT2D eigenvalue weighted by Crippen LogP contribution is 2.22. The Morgan fingerprint density at radius 3 is 2.38 bits per heavy atom. The van der Waals surface area contributed by atoms with E-state index in [9.17, 15) is 13.2 Å². The van der Waals surface area contributed by atoms with E-state index in [4.69, 9.17) is 11.6 Å². The summed E-state index contributed by atoms with van der Waals surface area (Å²) in [6, 6.07) is 6.29. The summed E-state index contributed by atoms with van der Waals surface area (Å²) in [4.78, 5) is 14.0. The zero-order chi connectivity index (χ0) is 15.5. The molecule has 7 heteroatoms. The molecule has 1 aromatic carbocycles. The number of nitrogens with one attached hydrogen (secondary N) is 1. The van der Waals surface area contributed by atoms with Crippen LogP contribution in [-0.2, 0) is 14.8 Å². The molecule has 21 heavy (non-hydrogen) atoms. The number of nitrogens with zero attached hydrogens (tertiary/aromatic N) is 1. The van der Waals surface area contributed by atoms with Crippen LogP contribution in [-0.4, -0.2) is 38.6 Å². The van der Waals surface area contributed by atoms with Crippen molar-refractivity contribution >= 4 is 27.5 Å². The summed E-state index contributed by atoms with van der Waals surface area (Å²) >= 11 is 5.84. The fourth-order valence-electron chi connectivity index (χ4n) is 2.45. The van der Waals surface area contributed by atoms with Crippen molar-refractivity contribution in [2.24, 2.45) is 0 Å². The molecule has 0 unspecified atom stereocenters. The number of carbonyl (C=O) groups excluding carboxylic acids is 1. The van der Waals surface area contributed by atoms with E-state index in [-0.39, 0.29) is 12.3 Å². The minimum Gasteiger partial charge on any atom is -0.343 e. The van der Waals surface area contributed by atoms with Crippen LogP contribution in [0.1, 0.15) is 30.9 Å². The summed E-state index contributed by atoms with van der Waals surface area (Å²) in [6.07, 6.45) is 3.23. The molecule has 0 bridgehead atoms. The number of rotatable bonds is 5. The number of likely N-dealkylation sites (tertiary alicyclic amines) is 1. The maximum absolute atomic E-state index is 12.2. The highest BCUT2D eigenvalue weighted by Gasteiger charge is 2.24. The molecule has 116 valence electrons. The Hall–Kier alpha value is -1.11. The molecule has 1 heterocycles. The van der Waals surface area contributed by atoms with Crippen LogP contribution in [0.25, 0.3) is 0 Å². The number of hydrogen-bond donors (Lipinski definition) is 1. The number of amides is 1. The maximum atomic E-state index is 12.2. The Kier molecular flexibility index (Phi) is 5.24. The fourth-order valence-corrected chi connectivity index (χ4v) is 3.31. The van der Waals surface area contributed by atoms with E-state index in [1.165, 1.54) is 0 Å². The van der Waals surface area contributed by atoms with Gasteiger partial charge in [0.25, 0.3) is 0 Å². The molecule has 0 aliphatic carbocycles. The maximum Gasteiger partial charge on any atom is 0.224 e. The van der Waals surface area contributed by atoms with E-state index in [0.29, 0.717) is 5.02 Å². The minimum absolute atomic E-state index is 0.0244. The lowest BCUT2D eigenvalue weighted by atomic mass is 10.0. The van der Waals surface area contributed by atoms with Crippen molar-refractivity contribution in [2.75, 3.05) is 19.3 Å². The van der Waals surface area contributed by atoms with Gasteiger partial charge in [0.2, 0.25) is 15.9 Å². The Labute approximate surface area is 130 Å². The molecular formula is C14H19ClN2O3S. The predicted octanol–water partition coefficient (Wildman–Crippen LogP) is 1.94. The van der Waals surface area contributed by atoms with Gasteiger partial charge in [-0.1, -0.05) is 23.7 Å². The van der Waals surface area contributed by atoms with Crippen molar-refractivity contribution in [3.8, 4) is 0 Å². The molecule has 1 atom stereocenters. The first-order valence-electron chi connectivity index (χ1n) is 6.86. The Bertz CT molecular complexity index is 595. The first kappa shape index (κ1) is 16.3. The van der Waals surface area contributed by atoms with Crippen LogP contribution in [0.3, 0.4) is 0 Å². The van der Waals surface area contributed by atoms with Crippen LogP contribution < -0.4 is 4.72 Å². The Morgan fingerprint density at radius 2 is 1.86 bits per heavy atom. The second-order valence-electron chi connectivity index (χ2n) is 5.29. The average molecular weight is 331 g/mol. The molecule has 0 aromatic heterocycles. The molecule has 2 rings (SSSR count). The Morgan fingerprint density at radius 1 is 1.29 bits per heavy atom. The molecule has 1 saturated heterocycles. The van der Waals surface area contributed by atoms with Gasteiger partial charge in [-0.05, 0) is 30.5 Å². The van der Waals surface area contributed by atoms with Gasteiger partial charge in [0.15, 0.2) is 0 Å². The number of sulfonamides is 1. The predicted molar refractivity (Wildman–Crippen MR) is 82.6 cm³/mol. The second-order valence-corrected chi connectivity index (χ2v) is 7.50. The molecule has 1 fully saturated rings. The van der Waals surface area contributed by atoms with E-state index in [1.807, 2.05) is 0 Å². The van der Waals surface area contributed by atoms with Gasteiger partial charge < -0.3 is 4.90 Å². The third kappa shape index (κ3) is 4.98. The van der Waals surface area contributed by atoms with E-state index in [2.05, 4.69) is 4.72 Å². The molecule has 1 amide bonds. The van der Waals surface area contributed by atoms with Crippen LogP contribution in [0, 0.1) is 0 Å². The van der Waals surface area contributed by atoms with Gasteiger partial charge in [0.1, 0.15) is 0 Å². The summed E-state index contributed by atoms with van der Waals surface area (Å²) in [7, 11) is -3.40. The lowest BCUT2D eigenvalue weighted by Crippen LogP contribution is -2.34. The van der Waals surface area contributed by atoms with Crippen molar-refractivity contribution < 1.29 is 13.2 Å². The van der Waals surface area contributed by atoms with Crippen LogP contribution >= 0.6 is 11.6 Å². The second kappa shape index (κ2) is 6.77. The van der Waals surface area contributed by atoms with E-state index < -0.39 is 16.1 Å². The SMILES string of the molecule is CS(=O)(=O)N[C@@H](CC(=O)N1CCCC1)c1ccc(Cl)cc1. The summed E-state index contributed by atoms with van der Waals surface area (Å²) in [5.74, 6) is -0.0244. The molecule has 1 N–H and O–H groups in total. The summed E-state index contributed by atoms with van der Waals surface area (Å²) < 4.78 is 25.6. The van der Waals surface area contributed by atoms with Gasteiger partial charge in [0.05, 0.1) is 12.3 Å². The number of carbonyl (C=O) groups is 1. The van der Waals surface area contributed by atoms with Crippen LogP contribution in [0.2, 0.25) is 5.02 Å². The van der Waals surface area contributed by atoms with Gasteiger partial charge in [-0.2, -0.15) is 0 Å². The molecule has 0 radical (unpaired) electrons. The highest BCUT2D eigenvalue weighted by atomic mass is 35.5. The van der Waals surface area contributed by atoms with Gasteiger partial charge in [-0.3, -0.25) is 4.79 Å². The third-order valence-corrected chi connectivity index (χ3v) is 4.43. The Balaban J connectivity index is 2.15. The minimum atomic E-state index is -3.40. The third-order valence-electron chi connectivity index (χ3n) is 3.47. The molecule has 1 aliphatic rings. The van der Waals surface area contributed by atoms with Crippen molar-refractivity contribution in [1.82, 2.24) is 9.62 Å². The number of hydrogen-bond acceptors (Lipinski definition) is 3. The van der Waals surface area contributed by atoms with Gasteiger partial charge in [-0.25, -0.2) is 13.1 Å². The van der Waals surface area contributed by atoms with Gasteiger partial charge in [0, 0.05) is 24.5 Å². The van der Waals surface area contributed by atoms with Crippen molar-refractivity contribution in [1.29, 1.82) is 0 Å². The number of benzene rings is 1. The van der Waals surface area contributed by atoms with E-state index in [1.54, 1.807) is 29.2 Å². The standard InChI is InChI=1S/C14H19ClN2O3S/c1-21(19,20)16-13(11-4-6-12(15)7-5-11)10-14(18)17-8-2-3-9-17/h4-7,13,16H,2-3,8-10H2,1H3/t13-/m0/s1. The van der Waals surface area contributed by atoms with E-state index >= 15 is 0 Å². The van der Waals surface area contributed by atoms with E-state index in [0.717, 1.165) is 37.8 Å². The first-order chi connectivity index (χ1) is 9.85. The molecule has 0 spiro atoms. The molecule has 1 aromatic rings. The highest BCUT2D eigenvalue weighted by molar-refractivity contribution is 7.88. The quantitative estimate of drug-likeness (QED) is 0.897. The largest absolute Gasteiger partial charge is 0.343 e. The van der Waals surface area contributed by atoms with Gasteiger partial charge in [-0.15, -0.1) is 0 Å². The topological polar surface area (TPSA) is 66.5 Å². The fraction of sp³-hybridized carbons (Fsp3) is 0.500. The smallest absolute Gasteiger partial charge is 0.224 e. The molecule has 5 nitrogen and oxygen atoms in total. The van der Waals surface area contributed by atoms with Crippen molar-refractivity contribution in [3.05, 3.63) is 34.9 Å². The normalized spacial score (nSPS) is 17.0. The average Bonchev–Trinajstić information content (AvgIpc) is 2.91. The van der Waals surface area contributed by atoms with Crippen LogP contribution in [0.15, 0.2) is 24.3 Å². The first-order valence-corrected chi connectivity index (χ1v) is 9.12.